The summed E-state index contributed by atoms with van der Waals surface area (Å²) in [6, 6.07) is 28.1. The summed E-state index contributed by atoms with van der Waals surface area (Å²) in [7, 11) is 0. The Labute approximate surface area is 476 Å². The zero-order valence-electron chi connectivity index (χ0n) is 46.5. The van der Waals surface area contributed by atoms with Crippen LogP contribution >= 0.6 is 12.4 Å². The Balaban J connectivity index is 0.00000946. The van der Waals surface area contributed by atoms with Crippen LogP contribution in [0.15, 0.2) is 126 Å². The zero-order valence-corrected chi connectivity index (χ0v) is 47.3. The zero-order chi connectivity index (χ0) is 57.9. The van der Waals surface area contributed by atoms with E-state index in [1.807, 2.05) is 13.8 Å². The van der Waals surface area contributed by atoms with Gasteiger partial charge in [-0.1, -0.05) is 94.4 Å². The lowest BCUT2D eigenvalue weighted by atomic mass is 9.44. The highest BCUT2D eigenvalue weighted by molar-refractivity contribution is 5.98. The van der Waals surface area contributed by atoms with Gasteiger partial charge >= 0.3 is 29.8 Å². The summed E-state index contributed by atoms with van der Waals surface area (Å²) in [5.74, 6) is -8.62. The second-order valence-electron chi connectivity index (χ2n) is 21.6. The number of halogens is 1. The Morgan fingerprint density at radius 1 is 0.741 bits per heavy atom. The first-order valence-electron chi connectivity index (χ1n) is 26.9. The molecule has 19 nitrogen and oxygen atoms in total. The second kappa shape index (κ2) is 24.8. The molecule has 11 atom stereocenters. The molecule has 3 aliphatic carbocycles. The summed E-state index contributed by atoms with van der Waals surface area (Å²) in [4.78, 5) is 116. The first-order valence-corrected chi connectivity index (χ1v) is 26.9. The molecule has 4 aliphatic rings. The van der Waals surface area contributed by atoms with Gasteiger partial charge in [0.1, 0.15) is 30.0 Å². The number of ketones is 1. The lowest BCUT2D eigenvalue weighted by Crippen LogP contribution is -2.82. The van der Waals surface area contributed by atoms with Crippen LogP contribution in [0, 0.1) is 16.7 Å². The maximum absolute atomic E-state index is 15.9. The van der Waals surface area contributed by atoms with Gasteiger partial charge in [-0.25, -0.2) is 14.4 Å². The van der Waals surface area contributed by atoms with E-state index in [2.05, 4.69) is 15.5 Å². The van der Waals surface area contributed by atoms with E-state index in [0.29, 0.717) is 18.7 Å². The fourth-order valence-electron chi connectivity index (χ4n) is 12.2. The van der Waals surface area contributed by atoms with Crippen LogP contribution < -0.4 is 10.6 Å². The normalized spacial score (nSPS) is 26.9. The number of esters is 5. The average Bonchev–Trinajstić information content (AvgIpc) is 3.56. The minimum atomic E-state index is -2.50. The third-order valence-electron chi connectivity index (χ3n) is 16.7. The minimum absolute atomic E-state index is 0. The van der Waals surface area contributed by atoms with Gasteiger partial charge in [-0.2, -0.15) is 0 Å². The molecular weight excluding hydrogens is 1070 g/mol. The molecule has 0 unspecified atom stereocenters. The molecule has 2 saturated carbocycles. The van der Waals surface area contributed by atoms with Crippen molar-refractivity contribution in [2.75, 3.05) is 32.8 Å². The van der Waals surface area contributed by atoms with Crippen LogP contribution in [0.1, 0.15) is 121 Å². The van der Waals surface area contributed by atoms with Crippen LogP contribution in [0.5, 0.6) is 0 Å². The molecule has 4 aromatic carbocycles. The number of aliphatic hydroxyl groups excluding tert-OH is 1. The summed E-state index contributed by atoms with van der Waals surface area (Å²) < 4.78 is 37.2. The number of hydrogen-bond donors (Lipinski definition) is 4. The third kappa shape index (κ3) is 11.8. The Morgan fingerprint density at radius 2 is 1.30 bits per heavy atom. The highest BCUT2D eigenvalue weighted by atomic mass is 35.5. The molecule has 0 radical (unpaired) electrons. The molecule has 1 heterocycles. The van der Waals surface area contributed by atoms with Crippen LogP contribution in [-0.4, -0.2) is 143 Å². The van der Waals surface area contributed by atoms with Crippen molar-refractivity contribution in [3.63, 3.8) is 0 Å². The van der Waals surface area contributed by atoms with E-state index in [1.54, 1.807) is 92.7 Å². The number of hydrogen-bond acceptors (Lipinski definition) is 17. The molecule has 2 bridgehead atoms. The van der Waals surface area contributed by atoms with E-state index in [4.69, 9.17) is 28.4 Å². The van der Waals surface area contributed by atoms with Gasteiger partial charge in [0.2, 0.25) is 6.10 Å². The number of benzene rings is 4. The molecule has 3 fully saturated rings. The van der Waals surface area contributed by atoms with Gasteiger partial charge in [-0.15, -0.1) is 12.4 Å². The topological polar surface area (TPSA) is 260 Å². The van der Waals surface area contributed by atoms with Crippen molar-refractivity contribution in [1.29, 1.82) is 0 Å². The SMILES string of the molecule is CCN(CC)CCNC(=O)c1ccc(C(=O)O[C@@H](C(=O)O[C@H]2C[C@@]3(O)[C@@H](OC(=O)c4ccccc4)[C@@H]4[C@]5(OC(C)=O)CO[C@@H]5C[C@H](O)[C@@]4(C)C(=O)[C@H](OC(C)=O)C(=C2C)C3(C)C)[C@@H](NC(=O)c2ccccc2)c2ccccc2)cc1.Cl. The molecule has 4 aromatic rings. The van der Waals surface area contributed by atoms with Crippen LogP contribution in [-0.2, 0) is 47.6 Å². The van der Waals surface area contributed by atoms with Gasteiger partial charge < -0.3 is 54.2 Å². The smallest absolute Gasteiger partial charge is 0.350 e. The van der Waals surface area contributed by atoms with Gasteiger partial charge in [-0.3, -0.25) is 24.0 Å². The first kappa shape index (κ1) is 61.3. The van der Waals surface area contributed by atoms with Crippen molar-refractivity contribution < 1.29 is 77.0 Å². The van der Waals surface area contributed by atoms with Crippen molar-refractivity contribution in [3.8, 4) is 0 Å². The summed E-state index contributed by atoms with van der Waals surface area (Å²) in [6.07, 6.45) is -11.1. The maximum Gasteiger partial charge on any atom is 0.350 e. The predicted molar refractivity (Wildman–Crippen MR) is 295 cm³/mol. The van der Waals surface area contributed by atoms with Crippen molar-refractivity contribution in [2.24, 2.45) is 16.7 Å². The Hall–Kier alpha value is -7.29. The Kier molecular flexibility index (Phi) is 18.8. The van der Waals surface area contributed by atoms with Gasteiger partial charge in [0.05, 0.1) is 35.2 Å². The molecule has 20 heteroatoms. The molecule has 0 aromatic heterocycles. The highest BCUT2D eigenvalue weighted by Gasteiger charge is 2.78. The number of fused-ring (bicyclic) bond motifs is 5. The summed E-state index contributed by atoms with van der Waals surface area (Å²) in [5, 5.41) is 32.1. The van der Waals surface area contributed by atoms with Crippen LogP contribution in [0.4, 0.5) is 0 Å². The number of ether oxygens (including phenoxy) is 6. The van der Waals surface area contributed by atoms with Gasteiger partial charge in [-0.05, 0) is 92.2 Å². The summed E-state index contributed by atoms with van der Waals surface area (Å²) in [5.41, 5.74) is -7.50. The van der Waals surface area contributed by atoms with Crippen molar-refractivity contribution in [1.82, 2.24) is 15.5 Å². The molecule has 432 valence electrons. The lowest BCUT2D eigenvalue weighted by molar-refractivity contribution is -0.346. The fourth-order valence-corrected chi connectivity index (χ4v) is 12.2. The molecule has 1 aliphatic heterocycles. The molecule has 81 heavy (non-hydrogen) atoms. The number of carbonyl (C=O) groups is 8. The predicted octanol–water partition coefficient (Wildman–Crippen LogP) is 6.09. The van der Waals surface area contributed by atoms with Crippen LogP contribution in [0.25, 0.3) is 0 Å². The first-order chi connectivity index (χ1) is 38.0. The number of aliphatic hydroxyl groups is 2. The molecule has 8 rings (SSSR count). The molecule has 2 amide bonds. The standard InChI is InChI=1S/C61H69N3O16.ClH/c1-9-64(10-2)31-30-62-53(69)40-26-28-42(29-27-40)55(71)78-49(47(38-20-14-11-15-21-38)63-54(70)39-22-16-12-17-23-39)57(73)77-43-33-61(74)52(79-56(72)41-24-18-13-19-25-41)50-59(8,44(67)32-45-60(50,34-75-45)80-37(5)66)51(68)48(76-36(4)65)46(35(43)3)58(61,6)7;/h11-29,43-45,47-50,52,67,74H,9-10,30-34H2,1-8H3,(H,62,69)(H,63,70);1H/t43-,44-,45+,47-,48+,49+,50-,52-,59+,60-,61+;/m0./s1. The summed E-state index contributed by atoms with van der Waals surface area (Å²) in [6.45, 7) is 14.5. The van der Waals surface area contributed by atoms with Crippen LogP contribution in [0.3, 0.4) is 0 Å². The van der Waals surface area contributed by atoms with E-state index in [1.165, 1.54) is 50.2 Å². The van der Waals surface area contributed by atoms with Crippen LogP contribution in [0.2, 0.25) is 0 Å². The number of nitrogens with zero attached hydrogens (tertiary/aromatic N) is 1. The number of rotatable bonds is 18. The van der Waals surface area contributed by atoms with Gasteiger partial charge in [0, 0.05) is 56.3 Å². The average molecular weight is 1140 g/mol. The molecule has 0 spiro atoms. The number of likely N-dealkylation sites (N-methyl/N-ethyl adjacent to an activating group) is 1. The molecular formula is C61H70ClN3O16. The minimum Gasteiger partial charge on any atom is -0.455 e. The van der Waals surface area contributed by atoms with E-state index in [9.17, 15) is 39.0 Å². The molecule has 1 saturated heterocycles. The molecule has 4 N–H and O–H groups in total. The third-order valence-corrected chi connectivity index (χ3v) is 16.7. The number of nitrogens with one attached hydrogen (secondary N) is 2. The monoisotopic (exact) mass is 1140 g/mol. The van der Waals surface area contributed by atoms with Crippen molar-refractivity contribution in [3.05, 3.63) is 154 Å². The largest absolute Gasteiger partial charge is 0.455 e. The highest BCUT2D eigenvalue weighted by Crippen LogP contribution is 2.64. The fraction of sp³-hybridized carbons (Fsp3) is 0.443. The number of carbonyl (C=O) groups excluding carboxylic acids is 8. The van der Waals surface area contributed by atoms with E-state index in [-0.39, 0.29) is 64.7 Å². The Bertz CT molecular complexity index is 3030. The van der Waals surface area contributed by atoms with Crippen molar-refractivity contribution in [2.45, 2.75) is 122 Å². The van der Waals surface area contributed by atoms with Crippen molar-refractivity contribution >= 4 is 59.9 Å². The second-order valence-corrected chi connectivity index (χ2v) is 21.6. The van der Waals surface area contributed by atoms with E-state index >= 15 is 9.59 Å². The quantitative estimate of drug-likeness (QED) is 0.0499. The van der Waals surface area contributed by atoms with Gasteiger partial charge in [0.25, 0.3) is 11.8 Å². The maximum atomic E-state index is 15.9. The van der Waals surface area contributed by atoms with E-state index < -0.39 is 119 Å². The van der Waals surface area contributed by atoms with E-state index in [0.717, 1.165) is 26.9 Å². The summed E-state index contributed by atoms with van der Waals surface area (Å²) >= 11 is 0. The van der Waals surface area contributed by atoms with Gasteiger partial charge in [0.15, 0.2) is 17.5 Å². The Morgan fingerprint density at radius 3 is 1.85 bits per heavy atom. The lowest BCUT2D eigenvalue weighted by Gasteiger charge is -2.67. The number of amides is 2. The number of Topliss-reactive ketones (excluding diaryl/α,β-unsaturated/α-hetero) is 1.